The lowest BCUT2D eigenvalue weighted by Gasteiger charge is -2.29. The number of aromatic nitrogens is 1. The first kappa shape index (κ1) is 44.8. The number of hydrogen-bond donors (Lipinski definition) is 4. The second-order valence-electron chi connectivity index (χ2n) is 17.2. The molecule has 7 rings (SSSR count). The molecule has 330 valence electrons. The van der Waals surface area contributed by atoms with Crippen molar-refractivity contribution >= 4 is 52.0 Å². The molecule has 0 saturated carbocycles. The maximum atomic E-state index is 14.2. The lowest BCUT2D eigenvalue weighted by Crippen LogP contribution is -2.49. The van der Waals surface area contributed by atoms with Gasteiger partial charge in [0.25, 0.3) is 5.91 Å². The van der Waals surface area contributed by atoms with Crippen LogP contribution in [0.4, 0.5) is 16.2 Å². The molecule has 0 radical (unpaired) electrons. The van der Waals surface area contributed by atoms with Gasteiger partial charge in [0.2, 0.25) is 17.7 Å². The van der Waals surface area contributed by atoms with Gasteiger partial charge in [0.15, 0.2) is 0 Å². The summed E-state index contributed by atoms with van der Waals surface area (Å²) in [6, 6.07) is 38.1. The first-order chi connectivity index (χ1) is 30.8. The first-order valence-electron chi connectivity index (χ1n) is 21.9. The quantitative estimate of drug-likeness (QED) is 0.0857. The molecule has 0 unspecified atom stereocenters. The van der Waals surface area contributed by atoms with Crippen LogP contribution in [-0.4, -0.2) is 75.8 Å². The van der Waals surface area contributed by atoms with E-state index in [1.807, 2.05) is 97.9 Å². The topological polar surface area (TPSA) is 153 Å². The summed E-state index contributed by atoms with van der Waals surface area (Å²) in [7, 11) is 0. The fraction of sp³-hybridized carbons (Fsp3) is 0.288. The van der Waals surface area contributed by atoms with Crippen molar-refractivity contribution in [2.24, 2.45) is 0 Å². The summed E-state index contributed by atoms with van der Waals surface area (Å²) in [5.41, 5.74) is 7.53. The number of aryl methyl sites for hydroxylation is 1. The Morgan fingerprint density at radius 2 is 1.50 bits per heavy atom. The van der Waals surface area contributed by atoms with Gasteiger partial charge in [-0.15, -0.1) is 0 Å². The molecular weight excluding hydrogens is 805 g/mol. The molecule has 0 spiro atoms. The number of carbonyl (C=O) groups excluding carboxylic acids is 5. The van der Waals surface area contributed by atoms with Gasteiger partial charge in [-0.1, -0.05) is 104 Å². The number of H-pyrrole nitrogens is 1. The summed E-state index contributed by atoms with van der Waals surface area (Å²) >= 11 is 0. The van der Waals surface area contributed by atoms with E-state index in [1.165, 1.54) is 0 Å². The standard InChI is InChI=1S/C52H56N6O6/c1-6-29-57(45(60)31-35-17-9-7-10-18-35)33-44(59)53-38-25-23-37(24-26-38)47-46(40-21-14-13-16-34(40)2)41-32-39(27-28-42(41)55-47)54-49(61)43-22-15-30-58(43)50(62)48(36-19-11-8-12-20-36)56-51(63)64-52(3,4)5/h7-14,16-21,23-28,32,43,48,55H,6,15,22,29-31,33H2,1-5H3,(H,53,59)(H,54,61)(H,56,63)/t43-,48+/m0/s1. The molecule has 1 saturated heterocycles. The van der Waals surface area contributed by atoms with E-state index in [2.05, 4.69) is 40.0 Å². The van der Waals surface area contributed by atoms with E-state index in [1.54, 1.807) is 54.8 Å². The van der Waals surface area contributed by atoms with E-state index in [-0.39, 0.29) is 36.6 Å². The second-order valence-corrected chi connectivity index (χ2v) is 17.2. The van der Waals surface area contributed by atoms with Crippen molar-refractivity contribution in [2.45, 2.75) is 78.0 Å². The number of aromatic amines is 1. The molecule has 1 fully saturated rings. The fourth-order valence-corrected chi connectivity index (χ4v) is 8.21. The number of likely N-dealkylation sites (tertiary alicyclic amines) is 1. The first-order valence-corrected chi connectivity index (χ1v) is 21.9. The highest BCUT2D eigenvalue weighted by Crippen LogP contribution is 2.41. The Hall–Kier alpha value is -7.21. The highest BCUT2D eigenvalue weighted by molar-refractivity contribution is 6.07. The van der Waals surface area contributed by atoms with Crippen LogP contribution in [0.3, 0.4) is 0 Å². The Morgan fingerprint density at radius 3 is 2.19 bits per heavy atom. The van der Waals surface area contributed by atoms with Crippen molar-refractivity contribution in [3.63, 3.8) is 0 Å². The highest BCUT2D eigenvalue weighted by atomic mass is 16.6. The summed E-state index contributed by atoms with van der Waals surface area (Å²) in [5.74, 6) is -1.08. The smallest absolute Gasteiger partial charge is 0.408 e. The molecule has 64 heavy (non-hydrogen) atoms. The van der Waals surface area contributed by atoms with Gasteiger partial charge in [-0.25, -0.2) is 4.79 Å². The monoisotopic (exact) mass is 860 g/mol. The number of ether oxygens (including phenoxy) is 1. The van der Waals surface area contributed by atoms with Crippen LogP contribution in [0.1, 0.15) is 69.7 Å². The summed E-state index contributed by atoms with van der Waals surface area (Å²) < 4.78 is 5.50. The SMILES string of the molecule is CCCN(CC(=O)Nc1ccc(-c2[nH]c3ccc(NC(=O)[C@@H]4CCCN4C(=O)[C@H](NC(=O)OC(C)(C)C)c4ccccc4)cc3c2-c2ccccc2C)cc1)C(=O)Cc1ccccc1. The van der Waals surface area contributed by atoms with E-state index in [0.29, 0.717) is 42.9 Å². The lowest BCUT2D eigenvalue weighted by molar-refractivity contribution is -0.138. The Labute approximate surface area is 374 Å². The number of nitrogens with one attached hydrogen (secondary N) is 4. The van der Waals surface area contributed by atoms with Gasteiger partial charge in [0.05, 0.1) is 18.7 Å². The van der Waals surface area contributed by atoms with E-state index in [9.17, 15) is 24.0 Å². The number of alkyl carbamates (subject to hydrolysis) is 1. The molecule has 12 nitrogen and oxygen atoms in total. The molecule has 1 aliphatic heterocycles. The van der Waals surface area contributed by atoms with Crippen LogP contribution < -0.4 is 16.0 Å². The van der Waals surface area contributed by atoms with Crippen LogP contribution in [0.25, 0.3) is 33.3 Å². The van der Waals surface area contributed by atoms with E-state index in [4.69, 9.17) is 4.74 Å². The molecule has 1 aliphatic rings. The summed E-state index contributed by atoms with van der Waals surface area (Å²) in [6.45, 7) is 10.1. The molecule has 12 heteroatoms. The summed E-state index contributed by atoms with van der Waals surface area (Å²) in [4.78, 5) is 74.4. The molecule has 4 N–H and O–H groups in total. The van der Waals surface area contributed by atoms with Gasteiger partial charge < -0.3 is 35.5 Å². The molecule has 1 aromatic heterocycles. The number of amides is 5. The summed E-state index contributed by atoms with van der Waals surface area (Å²) in [6.07, 6.45) is 1.34. The minimum absolute atomic E-state index is 0.0474. The lowest BCUT2D eigenvalue weighted by atomic mass is 9.95. The Bertz CT molecular complexity index is 2620. The number of rotatable bonds is 14. The predicted octanol–water partition coefficient (Wildman–Crippen LogP) is 9.43. The van der Waals surface area contributed by atoms with Gasteiger partial charge in [-0.2, -0.15) is 0 Å². The Balaban J connectivity index is 1.10. The van der Waals surface area contributed by atoms with Crippen LogP contribution in [0, 0.1) is 6.92 Å². The molecule has 2 heterocycles. The van der Waals surface area contributed by atoms with E-state index in [0.717, 1.165) is 50.8 Å². The maximum Gasteiger partial charge on any atom is 0.408 e. The second kappa shape index (κ2) is 19.9. The molecular formula is C52H56N6O6. The zero-order valence-corrected chi connectivity index (χ0v) is 37.1. The molecule has 6 aromatic rings. The third kappa shape index (κ3) is 10.9. The average molecular weight is 861 g/mol. The Kier molecular flexibility index (Phi) is 13.9. The van der Waals surface area contributed by atoms with Gasteiger partial charge >= 0.3 is 6.09 Å². The molecule has 2 atom stereocenters. The minimum Gasteiger partial charge on any atom is -0.444 e. The minimum atomic E-state index is -1.04. The molecule has 5 aromatic carbocycles. The third-order valence-corrected chi connectivity index (χ3v) is 11.2. The van der Waals surface area contributed by atoms with Gasteiger partial charge in [0, 0.05) is 40.9 Å². The van der Waals surface area contributed by atoms with Crippen molar-refractivity contribution < 1.29 is 28.7 Å². The fourth-order valence-electron chi connectivity index (χ4n) is 8.21. The number of nitrogens with zero attached hydrogens (tertiary/aromatic N) is 2. The van der Waals surface area contributed by atoms with Gasteiger partial charge in [0.1, 0.15) is 17.7 Å². The number of benzene rings is 5. The van der Waals surface area contributed by atoms with Crippen molar-refractivity contribution in [2.75, 3.05) is 30.3 Å². The Morgan fingerprint density at radius 1 is 0.828 bits per heavy atom. The summed E-state index contributed by atoms with van der Waals surface area (Å²) in [5, 5.41) is 9.70. The zero-order chi connectivity index (χ0) is 45.4. The third-order valence-electron chi connectivity index (χ3n) is 11.2. The van der Waals surface area contributed by atoms with Crippen LogP contribution in [0.5, 0.6) is 0 Å². The largest absolute Gasteiger partial charge is 0.444 e. The van der Waals surface area contributed by atoms with Gasteiger partial charge in [-0.3, -0.25) is 19.2 Å². The van der Waals surface area contributed by atoms with Crippen molar-refractivity contribution in [1.82, 2.24) is 20.1 Å². The van der Waals surface area contributed by atoms with Crippen LogP contribution in [-0.2, 0) is 30.3 Å². The average Bonchev–Trinajstić information content (AvgIpc) is 3.92. The van der Waals surface area contributed by atoms with Crippen molar-refractivity contribution in [3.8, 4) is 22.4 Å². The number of fused-ring (bicyclic) bond motifs is 1. The maximum absolute atomic E-state index is 14.2. The number of hydrogen-bond acceptors (Lipinski definition) is 6. The molecule has 0 aliphatic carbocycles. The van der Waals surface area contributed by atoms with Crippen molar-refractivity contribution in [1.29, 1.82) is 0 Å². The van der Waals surface area contributed by atoms with E-state index < -0.39 is 23.8 Å². The molecule has 0 bridgehead atoms. The zero-order valence-electron chi connectivity index (χ0n) is 37.1. The van der Waals surface area contributed by atoms with Crippen LogP contribution >= 0.6 is 0 Å². The molecule has 5 amide bonds. The van der Waals surface area contributed by atoms with E-state index >= 15 is 0 Å². The highest BCUT2D eigenvalue weighted by Gasteiger charge is 2.39. The van der Waals surface area contributed by atoms with Crippen LogP contribution in [0.15, 0.2) is 127 Å². The van der Waals surface area contributed by atoms with Gasteiger partial charge in [-0.05, 0) is 105 Å². The van der Waals surface area contributed by atoms with Crippen LogP contribution in [0.2, 0.25) is 0 Å². The predicted molar refractivity (Wildman–Crippen MR) is 251 cm³/mol. The normalized spacial score (nSPS) is 14.1. The number of anilines is 2. The number of carbonyl (C=O) groups is 5. The van der Waals surface area contributed by atoms with Crippen molar-refractivity contribution in [3.05, 3.63) is 144 Å².